The molecule has 0 radical (unpaired) electrons. The summed E-state index contributed by atoms with van der Waals surface area (Å²) in [4.78, 5) is 12.6. The Morgan fingerprint density at radius 2 is 1.73 bits per heavy atom. The standard InChI is InChI=1S/C24H23ClFN3O3S/c1-17(2)18-11-13-19(14-12-18)29(33(31,32)20-7-4-3-5-8-20)16-24(30)28-27-15-21-22(25)9-6-10-23(21)26/h3-15,17H,16H2,1-2H3,(H,28,30)/b27-15+. The molecule has 0 fully saturated rings. The summed E-state index contributed by atoms with van der Waals surface area (Å²) in [5.74, 6) is -1.04. The molecule has 1 N–H and O–H groups in total. The molecular weight excluding hydrogens is 465 g/mol. The van der Waals surface area contributed by atoms with Crippen molar-refractivity contribution in [1.82, 2.24) is 5.43 Å². The number of sulfonamides is 1. The molecule has 0 spiro atoms. The van der Waals surface area contributed by atoms with E-state index in [1.807, 2.05) is 26.0 Å². The molecule has 9 heteroatoms. The van der Waals surface area contributed by atoms with Crippen LogP contribution in [-0.2, 0) is 14.8 Å². The van der Waals surface area contributed by atoms with Crippen LogP contribution in [0.1, 0.15) is 30.9 Å². The third-order valence-corrected chi connectivity index (χ3v) is 6.97. The van der Waals surface area contributed by atoms with Crippen LogP contribution in [0, 0.1) is 5.82 Å². The van der Waals surface area contributed by atoms with Gasteiger partial charge in [-0.15, -0.1) is 0 Å². The van der Waals surface area contributed by atoms with Crippen molar-refractivity contribution in [3.8, 4) is 0 Å². The summed E-state index contributed by atoms with van der Waals surface area (Å²) in [6.07, 6.45) is 1.07. The Labute approximate surface area is 197 Å². The van der Waals surface area contributed by atoms with Gasteiger partial charge >= 0.3 is 0 Å². The first-order valence-corrected chi connectivity index (χ1v) is 12.0. The molecule has 0 heterocycles. The highest BCUT2D eigenvalue weighted by Gasteiger charge is 2.27. The number of halogens is 2. The first kappa shape index (κ1) is 24.4. The van der Waals surface area contributed by atoms with E-state index < -0.39 is 28.3 Å². The molecule has 1 amide bonds. The van der Waals surface area contributed by atoms with E-state index in [-0.39, 0.29) is 21.4 Å². The lowest BCUT2D eigenvalue weighted by atomic mass is 10.0. The second-order valence-corrected chi connectivity index (χ2v) is 9.77. The number of carbonyl (C=O) groups is 1. The molecule has 33 heavy (non-hydrogen) atoms. The Kier molecular flexibility index (Phi) is 7.84. The Hall–Kier alpha value is -3.23. The molecule has 3 rings (SSSR count). The number of carbonyl (C=O) groups excluding carboxylic acids is 1. The summed E-state index contributed by atoms with van der Waals surface area (Å²) in [6, 6.07) is 18.9. The number of nitrogens with one attached hydrogen (secondary N) is 1. The SMILES string of the molecule is CC(C)c1ccc(N(CC(=O)N/N=C/c2c(F)cccc2Cl)S(=O)(=O)c2ccccc2)cc1. The monoisotopic (exact) mass is 487 g/mol. The van der Waals surface area contributed by atoms with Crippen molar-refractivity contribution in [2.45, 2.75) is 24.7 Å². The molecule has 0 saturated carbocycles. The minimum Gasteiger partial charge on any atom is -0.271 e. The second-order valence-electron chi connectivity index (χ2n) is 7.50. The summed E-state index contributed by atoms with van der Waals surface area (Å²) >= 11 is 5.94. The van der Waals surface area contributed by atoms with Gasteiger partial charge in [-0.1, -0.05) is 61.8 Å². The van der Waals surface area contributed by atoms with E-state index in [2.05, 4.69) is 10.5 Å². The van der Waals surface area contributed by atoms with Gasteiger partial charge in [0.1, 0.15) is 12.4 Å². The minimum absolute atomic E-state index is 0.0116. The zero-order valence-corrected chi connectivity index (χ0v) is 19.6. The van der Waals surface area contributed by atoms with Gasteiger partial charge in [-0.25, -0.2) is 18.2 Å². The third kappa shape index (κ3) is 5.97. The van der Waals surface area contributed by atoms with Crippen molar-refractivity contribution in [1.29, 1.82) is 0 Å². The second kappa shape index (κ2) is 10.6. The Morgan fingerprint density at radius 1 is 1.06 bits per heavy atom. The molecule has 0 unspecified atom stereocenters. The van der Waals surface area contributed by atoms with Crippen LogP contribution >= 0.6 is 11.6 Å². The van der Waals surface area contributed by atoms with Crippen molar-refractivity contribution < 1.29 is 17.6 Å². The molecule has 0 aliphatic carbocycles. The molecule has 0 saturated heterocycles. The van der Waals surface area contributed by atoms with E-state index in [1.165, 1.54) is 30.3 Å². The van der Waals surface area contributed by atoms with Gasteiger partial charge < -0.3 is 0 Å². The lowest BCUT2D eigenvalue weighted by molar-refractivity contribution is -0.119. The fourth-order valence-corrected chi connectivity index (χ4v) is 4.68. The smallest absolute Gasteiger partial charge is 0.264 e. The Bertz CT molecular complexity index is 1230. The summed E-state index contributed by atoms with van der Waals surface area (Å²) in [5, 5.41) is 3.86. The lowest BCUT2D eigenvalue weighted by Crippen LogP contribution is -2.39. The summed E-state index contributed by atoms with van der Waals surface area (Å²) < 4.78 is 41.5. The van der Waals surface area contributed by atoms with Crippen molar-refractivity contribution in [3.63, 3.8) is 0 Å². The first-order valence-electron chi connectivity index (χ1n) is 10.1. The zero-order valence-electron chi connectivity index (χ0n) is 18.1. The minimum atomic E-state index is -4.03. The number of nitrogens with zero attached hydrogens (tertiary/aromatic N) is 2. The fraction of sp³-hybridized carbons (Fsp3) is 0.167. The van der Waals surface area contributed by atoms with Crippen molar-refractivity contribution in [3.05, 3.63) is 94.8 Å². The van der Waals surface area contributed by atoms with Crippen LogP contribution in [0.2, 0.25) is 5.02 Å². The molecule has 6 nitrogen and oxygen atoms in total. The van der Waals surface area contributed by atoms with Gasteiger partial charge in [0.05, 0.1) is 21.8 Å². The molecule has 3 aromatic carbocycles. The van der Waals surface area contributed by atoms with Crippen LogP contribution in [0.5, 0.6) is 0 Å². The van der Waals surface area contributed by atoms with E-state index in [4.69, 9.17) is 11.6 Å². The highest BCUT2D eigenvalue weighted by molar-refractivity contribution is 7.92. The molecule has 0 atom stereocenters. The highest BCUT2D eigenvalue weighted by atomic mass is 35.5. The molecule has 3 aromatic rings. The molecule has 0 aromatic heterocycles. The number of benzene rings is 3. The van der Waals surface area contributed by atoms with Gasteiger partial charge in [0, 0.05) is 5.56 Å². The molecule has 0 aliphatic rings. The van der Waals surface area contributed by atoms with Crippen LogP contribution in [-0.4, -0.2) is 27.1 Å². The zero-order chi connectivity index (χ0) is 24.0. The fourth-order valence-electron chi connectivity index (χ4n) is 3.03. The largest absolute Gasteiger partial charge is 0.271 e. The van der Waals surface area contributed by atoms with Crippen LogP contribution in [0.4, 0.5) is 10.1 Å². The molecule has 0 bridgehead atoms. The quantitative estimate of drug-likeness (QED) is 0.360. The van der Waals surface area contributed by atoms with Gasteiger partial charge in [0.25, 0.3) is 15.9 Å². The molecule has 172 valence electrons. The van der Waals surface area contributed by atoms with Crippen molar-refractivity contribution in [2.75, 3.05) is 10.8 Å². The first-order chi connectivity index (χ1) is 15.7. The van der Waals surface area contributed by atoms with Crippen LogP contribution in [0.25, 0.3) is 0 Å². The van der Waals surface area contributed by atoms with Crippen molar-refractivity contribution in [2.24, 2.45) is 5.10 Å². The maximum Gasteiger partial charge on any atom is 0.264 e. The number of hydrazone groups is 1. The van der Waals surface area contributed by atoms with E-state index in [0.717, 1.165) is 16.1 Å². The molecule has 0 aliphatic heterocycles. The Morgan fingerprint density at radius 3 is 2.33 bits per heavy atom. The number of rotatable bonds is 8. The lowest BCUT2D eigenvalue weighted by Gasteiger charge is -2.24. The summed E-state index contributed by atoms with van der Waals surface area (Å²) in [6.45, 7) is 3.53. The third-order valence-electron chi connectivity index (χ3n) is 4.85. The van der Waals surface area contributed by atoms with Gasteiger partial charge in [-0.05, 0) is 47.9 Å². The van der Waals surface area contributed by atoms with E-state index in [9.17, 15) is 17.6 Å². The average Bonchev–Trinajstić information content (AvgIpc) is 2.80. The number of amides is 1. The van der Waals surface area contributed by atoms with Crippen molar-refractivity contribution >= 4 is 39.4 Å². The van der Waals surface area contributed by atoms with E-state index in [0.29, 0.717) is 5.69 Å². The van der Waals surface area contributed by atoms with E-state index >= 15 is 0 Å². The van der Waals surface area contributed by atoms with E-state index in [1.54, 1.807) is 30.3 Å². The van der Waals surface area contributed by atoms with Gasteiger partial charge in [-0.2, -0.15) is 5.10 Å². The van der Waals surface area contributed by atoms with Crippen LogP contribution in [0.3, 0.4) is 0 Å². The van der Waals surface area contributed by atoms with Crippen LogP contribution in [0.15, 0.2) is 82.8 Å². The number of hydrogen-bond acceptors (Lipinski definition) is 4. The van der Waals surface area contributed by atoms with Gasteiger partial charge in [0.15, 0.2) is 0 Å². The van der Waals surface area contributed by atoms with Gasteiger partial charge in [-0.3, -0.25) is 9.10 Å². The Balaban J connectivity index is 1.86. The number of hydrogen-bond donors (Lipinski definition) is 1. The number of anilines is 1. The summed E-state index contributed by atoms with van der Waals surface area (Å²) in [5.41, 5.74) is 3.62. The maximum absolute atomic E-state index is 13.9. The summed E-state index contributed by atoms with van der Waals surface area (Å²) in [7, 11) is -4.03. The predicted octanol–water partition coefficient (Wildman–Crippen LogP) is 4.95. The average molecular weight is 488 g/mol. The maximum atomic E-state index is 13.9. The molecular formula is C24H23ClFN3O3S. The van der Waals surface area contributed by atoms with Gasteiger partial charge in [0.2, 0.25) is 0 Å². The predicted molar refractivity (Wildman–Crippen MR) is 129 cm³/mol. The highest BCUT2D eigenvalue weighted by Crippen LogP contribution is 2.25. The normalized spacial score (nSPS) is 11.7. The topological polar surface area (TPSA) is 78.8 Å². The van der Waals surface area contributed by atoms with Crippen LogP contribution < -0.4 is 9.73 Å².